The Hall–Kier alpha value is -2.84. The summed E-state index contributed by atoms with van der Waals surface area (Å²) in [6.07, 6.45) is 3.69. The van der Waals surface area contributed by atoms with Crippen molar-refractivity contribution < 1.29 is 14.1 Å². The molecular weight excluding hydrogens is 399 g/mol. The summed E-state index contributed by atoms with van der Waals surface area (Å²) in [7, 11) is 1.46. The number of non-ortho nitro benzene ring substituents is 1. The normalized spacial score (nSPS) is 16.3. The molecule has 152 valence electrons. The molecule has 2 aromatic carbocycles. The second-order valence-corrected chi connectivity index (χ2v) is 7.27. The minimum atomic E-state index is -0.662. The molecular formula is C20H20ClFN4O3. The third-order valence-electron chi connectivity index (χ3n) is 4.80. The molecule has 0 radical (unpaired) electrons. The number of amides is 1. The summed E-state index contributed by atoms with van der Waals surface area (Å²) in [6.45, 7) is 2.56. The first-order valence-corrected chi connectivity index (χ1v) is 9.45. The van der Waals surface area contributed by atoms with E-state index in [1.165, 1.54) is 36.2 Å². The number of carbonyl (C=O) groups excluding carboxylic acids is 1. The van der Waals surface area contributed by atoms with Gasteiger partial charge >= 0.3 is 0 Å². The Bertz CT molecular complexity index is 990. The van der Waals surface area contributed by atoms with Crippen molar-refractivity contribution in [3.63, 3.8) is 0 Å². The molecule has 1 saturated heterocycles. The fourth-order valence-corrected chi connectivity index (χ4v) is 3.31. The van der Waals surface area contributed by atoms with Crippen LogP contribution in [-0.4, -0.2) is 36.7 Å². The van der Waals surface area contributed by atoms with Gasteiger partial charge in [-0.3, -0.25) is 19.9 Å². The van der Waals surface area contributed by atoms with Crippen LogP contribution in [0.25, 0.3) is 0 Å². The minimum Gasteiger partial charge on any atom is -0.311 e. The van der Waals surface area contributed by atoms with E-state index >= 15 is 0 Å². The molecule has 0 aromatic heterocycles. The first kappa shape index (κ1) is 20.9. The smallest absolute Gasteiger partial charge is 0.270 e. The van der Waals surface area contributed by atoms with Gasteiger partial charge in [-0.15, -0.1) is 0 Å². The summed E-state index contributed by atoms with van der Waals surface area (Å²) >= 11 is 5.71. The number of aliphatic imine (C=N–C) groups is 1. The van der Waals surface area contributed by atoms with Crippen LogP contribution in [0.1, 0.15) is 28.8 Å². The lowest BCUT2D eigenvalue weighted by molar-refractivity contribution is -0.384. The van der Waals surface area contributed by atoms with Gasteiger partial charge in [0.2, 0.25) is 0 Å². The van der Waals surface area contributed by atoms with E-state index in [4.69, 9.17) is 11.6 Å². The van der Waals surface area contributed by atoms with E-state index in [0.717, 1.165) is 25.5 Å². The third-order valence-corrected chi connectivity index (χ3v) is 5.11. The number of hydrogen-bond acceptors (Lipinski definition) is 5. The van der Waals surface area contributed by atoms with Gasteiger partial charge < -0.3 is 10.2 Å². The van der Waals surface area contributed by atoms with Crippen molar-refractivity contribution in [2.24, 2.45) is 4.99 Å². The Labute approximate surface area is 172 Å². The maximum absolute atomic E-state index is 13.8. The largest absolute Gasteiger partial charge is 0.311 e. The fraction of sp³-hybridized carbons (Fsp3) is 0.300. The molecule has 0 spiro atoms. The number of aryl methyl sites for hydroxylation is 1. The van der Waals surface area contributed by atoms with Crippen LogP contribution in [-0.2, 0) is 0 Å². The van der Waals surface area contributed by atoms with Crippen molar-refractivity contribution in [1.82, 2.24) is 5.32 Å². The molecule has 0 saturated carbocycles. The highest BCUT2D eigenvalue weighted by atomic mass is 35.5. The van der Waals surface area contributed by atoms with Gasteiger partial charge in [-0.25, -0.2) is 4.39 Å². The molecule has 1 heterocycles. The Kier molecular flexibility index (Phi) is 6.24. The molecule has 7 nitrogen and oxygen atoms in total. The monoisotopic (exact) mass is 418 g/mol. The molecule has 1 unspecified atom stereocenters. The average Bonchev–Trinajstić information content (AvgIpc) is 3.21. The van der Waals surface area contributed by atoms with Crippen LogP contribution in [0.3, 0.4) is 0 Å². The molecule has 0 bridgehead atoms. The van der Waals surface area contributed by atoms with E-state index < -0.39 is 16.6 Å². The standard InChI is InChI=1S/C20H20ClFN4O3/c1-12-8-15(26(28)29)9-16(19(12)24-11-13-4-3-7-23-13)20(27)25(2)14-5-6-17(21)18(22)10-14/h5-6,8-11,13,23H,3-4,7H2,1-2H3. The van der Waals surface area contributed by atoms with Crippen molar-refractivity contribution in [1.29, 1.82) is 0 Å². The fourth-order valence-electron chi connectivity index (χ4n) is 3.20. The average molecular weight is 419 g/mol. The Balaban J connectivity index is 2.03. The molecule has 1 aliphatic rings. The number of nitro benzene ring substituents is 1. The summed E-state index contributed by atoms with van der Waals surface area (Å²) in [5.41, 5.74) is 1.000. The summed E-state index contributed by atoms with van der Waals surface area (Å²) in [5, 5.41) is 14.5. The maximum atomic E-state index is 13.8. The highest BCUT2D eigenvalue weighted by molar-refractivity contribution is 6.30. The van der Waals surface area contributed by atoms with E-state index in [2.05, 4.69) is 10.3 Å². The lowest BCUT2D eigenvalue weighted by Gasteiger charge is -2.19. The van der Waals surface area contributed by atoms with Crippen molar-refractivity contribution >= 4 is 40.8 Å². The SMILES string of the molecule is Cc1cc([N+](=O)[O-])cc(C(=O)N(C)c2ccc(Cl)c(F)c2)c1N=CC1CCCN1. The molecule has 0 aliphatic carbocycles. The number of nitro groups is 1. The Morgan fingerprint density at radius 1 is 1.41 bits per heavy atom. The van der Waals surface area contributed by atoms with Crippen LogP contribution in [0.4, 0.5) is 21.5 Å². The molecule has 1 atom stereocenters. The molecule has 9 heteroatoms. The van der Waals surface area contributed by atoms with E-state index in [1.54, 1.807) is 13.1 Å². The Morgan fingerprint density at radius 3 is 2.79 bits per heavy atom. The van der Waals surface area contributed by atoms with Crippen molar-refractivity contribution in [2.75, 3.05) is 18.5 Å². The lowest BCUT2D eigenvalue weighted by atomic mass is 10.0. The number of benzene rings is 2. The highest BCUT2D eigenvalue weighted by Crippen LogP contribution is 2.32. The molecule has 1 amide bonds. The molecule has 3 rings (SSSR count). The summed E-state index contributed by atoms with van der Waals surface area (Å²) < 4.78 is 13.8. The van der Waals surface area contributed by atoms with Gasteiger partial charge in [0.15, 0.2) is 0 Å². The van der Waals surface area contributed by atoms with Crippen LogP contribution in [0.15, 0.2) is 35.3 Å². The molecule has 1 aliphatic heterocycles. The van der Waals surface area contributed by atoms with Gasteiger partial charge in [0.1, 0.15) is 5.82 Å². The molecule has 1 N–H and O–H groups in total. The van der Waals surface area contributed by atoms with E-state index in [-0.39, 0.29) is 28.0 Å². The van der Waals surface area contributed by atoms with Crippen molar-refractivity contribution in [3.05, 3.63) is 62.4 Å². The zero-order valence-electron chi connectivity index (χ0n) is 16.0. The van der Waals surface area contributed by atoms with Crippen molar-refractivity contribution in [3.8, 4) is 0 Å². The maximum Gasteiger partial charge on any atom is 0.270 e. The first-order chi connectivity index (χ1) is 13.8. The number of hydrogen-bond donors (Lipinski definition) is 1. The van der Waals surface area contributed by atoms with Crippen LogP contribution < -0.4 is 10.2 Å². The number of anilines is 1. The molecule has 29 heavy (non-hydrogen) atoms. The minimum absolute atomic E-state index is 0.0601. The Morgan fingerprint density at radius 2 is 2.17 bits per heavy atom. The lowest BCUT2D eigenvalue weighted by Crippen LogP contribution is -2.27. The summed E-state index contributed by atoms with van der Waals surface area (Å²) in [6, 6.07) is 6.66. The van der Waals surface area contributed by atoms with Gasteiger partial charge in [0, 0.05) is 37.1 Å². The second kappa shape index (κ2) is 8.67. The number of nitrogens with one attached hydrogen (secondary N) is 1. The number of nitrogens with zero attached hydrogens (tertiary/aromatic N) is 3. The van der Waals surface area contributed by atoms with Crippen LogP contribution in [0.2, 0.25) is 5.02 Å². The van der Waals surface area contributed by atoms with Gasteiger partial charge in [-0.1, -0.05) is 11.6 Å². The van der Waals surface area contributed by atoms with Crippen LogP contribution in [0, 0.1) is 22.9 Å². The number of rotatable bonds is 5. The van der Waals surface area contributed by atoms with E-state index in [9.17, 15) is 19.3 Å². The van der Waals surface area contributed by atoms with Crippen molar-refractivity contribution in [2.45, 2.75) is 25.8 Å². The van der Waals surface area contributed by atoms with E-state index in [1.807, 2.05) is 0 Å². The zero-order valence-corrected chi connectivity index (χ0v) is 16.7. The predicted octanol–water partition coefficient (Wildman–Crippen LogP) is 4.43. The quantitative estimate of drug-likeness (QED) is 0.442. The van der Waals surface area contributed by atoms with Crippen LogP contribution >= 0.6 is 11.6 Å². The second-order valence-electron chi connectivity index (χ2n) is 6.86. The summed E-state index contributed by atoms with van der Waals surface area (Å²) in [5.74, 6) is -1.20. The first-order valence-electron chi connectivity index (χ1n) is 9.07. The summed E-state index contributed by atoms with van der Waals surface area (Å²) in [4.78, 5) is 29.6. The van der Waals surface area contributed by atoms with Gasteiger partial charge in [-0.2, -0.15) is 0 Å². The van der Waals surface area contributed by atoms with Gasteiger partial charge in [0.25, 0.3) is 11.6 Å². The number of carbonyl (C=O) groups is 1. The predicted molar refractivity (Wildman–Crippen MR) is 111 cm³/mol. The van der Waals surface area contributed by atoms with E-state index in [0.29, 0.717) is 11.3 Å². The van der Waals surface area contributed by atoms with Gasteiger partial charge in [0.05, 0.1) is 21.2 Å². The topological polar surface area (TPSA) is 87.8 Å². The van der Waals surface area contributed by atoms with Crippen LogP contribution in [0.5, 0.6) is 0 Å². The zero-order chi connectivity index (χ0) is 21.1. The molecule has 1 fully saturated rings. The third kappa shape index (κ3) is 4.60. The van der Waals surface area contributed by atoms with Gasteiger partial charge in [-0.05, 0) is 50.1 Å². The molecule has 2 aromatic rings. The number of halogens is 2. The highest BCUT2D eigenvalue weighted by Gasteiger charge is 2.23.